The van der Waals surface area contributed by atoms with Crippen LogP contribution in [0.1, 0.15) is 6.42 Å². The zero-order chi connectivity index (χ0) is 6.57. The molecule has 0 atom stereocenters. The van der Waals surface area contributed by atoms with Gasteiger partial charge in [0.2, 0.25) is 0 Å². The second-order valence-corrected chi connectivity index (χ2v) is 1.07. The van der Waals surface area contributed by atoms with Crippen LogP contribution in [0.5, 0.6) is 0 Å². The first-order valence-corrected chi connectivity index (χ1v) is 1.84. The van der Waals surface area contributed by atoms with Crippen LogP contribution in [-0.4, -0.2) is 5.97 Å². The van der Waals surface area contributed by atoms with Gasteiger partial charge in [0.05, 0.1) is 0 Å². The molecule has 0 aliphatic heterocycles. The molecule has 0 N–H and O–H groups in total. The molecule has 0 rings (SSSR count). The molecule has 0 saturated heterocycles. The Morgan fingerprint density at radius 2 is 2.12 bits per heavy atom. The van der Waals surface area contributed by atoms with E-state index in [1.54, 1.807) is 0 Å². The summed E-state index contributed by atoms with van der Waals surface area (Å²) in [5, 5.41) is 9.41. The van der Waals surface area contributed by atoms with E-state index in [2.05, 4.69) is 0 Å². The first-order valence-electron chi connectivity index (χ1n) is 1.84. The van der Waals surface area contributed by atoms with E-state index in [9.17, 15) is 18.7 Å². The Hall–Kier alpha value is -0.930. The van der Waals surface area contributed by atoms with Crippen LogP contribution in [0.25, 0.3) is 0 Å². The van der Waals surface area contributed by atoms with Crippen molar-refractivity contribution in [2.24, 2.45) is 0 Å². The van der Waals surface area contributed by atoms with Crippen molar-refractivity contribution in [1.82, 2.24) is 0 Å². The Labute approximate surface area is 44.4 Å². The number of aliphatic carboxylic acids is 1. The van der Waals surface area contributed by atoms with E-state index in [-0.39, 0.29) is 6.08 Å². The van der Waals surface area contributed by atoms with Gasteiger partial charge in [0, 0.05) is 12.4 Å². The number of halogens is 2. The third-order valence-corrected chi connectivity index (χ3v) is 0.423. The molecule has 0 amide bonds. The van der Waals surface area contributed by atoms with Gasteiger partial charge in [-0.15, -0.1) is 0 Å². The lowest BCUT2D eigenvalue weighted by Crippen LogP contribution is -2.20. The van der Waals surface area contributed by atoms with Gasteiger partial charge in [-0.1, -0.05) is 0 Å². The van der Waals surface area contributed by atoms with E-state index in [1.165, 1.54) is 0 Å². The maximum Gasteiger partial charge on any atom is 0.266 e. The summed E-state index contributed by atoms with van der Waals surface area (Å²) in [7, 11) is 0. The molecule has 0 aliphatic carbocycles. The summed E-state index contributed by atoms with van der Waals surface area (Å²) >= 11 is 0. The van der Waals surface area contributed by atoms with E-state index < -0.39 is 18.5 Å². The monoisotopic (exact) mass is 121 g/mol. The molecule has 0 aliphatic rings. The van der Waals surface area contributed by atoms with E-state index in [0.29, 0.717) is 0 Å². The van der Waals surface area contributed by atoms with Crippen molar-refractivity contribution < 1.29 is 18.7 Å². The molecule has 2 nitrogen and oxygen atoms in total. The van der Waals surface area contributed by atoms with E-state index in [4.69, 9.17) is 0 Å². The van der Waals surface area contributed by atoms with Crippen LogP contribution in [-0.2, 0) is 4.79 Å². The van der Waals surface area contributed by atoms with Gasteiger partial charge in [0.25, 0.3) is 6.08 Å². The molecule has 0 spiro atoms. The Morgan fingerprint density at radius 1 is 1.62 bits per heavy atom. The topological polar surface area (TPSA) is 40.1 Å². The minimum absolute atomic E-state index is 0.287. The van der Waals surface area contributed by atoms with E-state index in [1.807, 2.05) is 0 Å². The molecule has 0 saturated carbocycles. The SMILES string of the molecule is O=C([O-])CC=C(F)F. The van der Waals surface area contributed by atoms with Gasteiger partial charge < -0.3 is 9.90 Å². The fraction of sp³-hybridized carbons (Fsp3) is 0.250. The minimum Gasteiger partial charge on any atom is -0.550 e. The predicted octanol–water partition coefficient (Wildman–Crippen LogP) is -0.0932. The lowest BCUT2D eigenvalue weighted by atomic mass is 10.4. The number of carboxylic acids is 1. The van der Waals surface area contributed by atoms with E-state index in [0.717, 1.165) is 0 Å². The zero-order valence-corrected chi connectivity index (χ0v) is 3.86. The van der Waals surface area contributed by atoms with Crippen molar-refractivity contribution in [1.29, 1.82) is 0 Å². The number of carbonyl (C=O) groups is 1. The molecule has 46 valence electrons. The van der Waals surface area contributed by atoms with Gasteiger partial charge in [-0.25, -0.2) is 0 Å². The van der Waals surface area contributed by atoms with Crippen molar-refractivity contribution in [3.8, 4) is 0 Å². The van der Waals surface area contributed by atoms with Gasteiger partial charge in [-0.3, -0.25) is 0 Å². The van der Waals surface area contributed by atoms with Crippen LogP contribution < -0.4 is 5.11 Å². The van der Waals surface area contributed by atoms with Crippen molar-refractivity contribution in [3.05, 3.63) is 12.2 Å². The van der Waals surface area contributed by atoms with Crippen molar-refractivity contribution in [3.63, 3.8) is 0 Å². The van der Waals surface area contributed by atoms with E-state index >= 15 is 0 Å². The zero-order valence-electron chi connectivity index (χ0n) is 3.86. The van der Waals surface area contributed by atoms with Gasteiger partial charge in [-0.05, 0) is 6.08 Å². The van der Waals surface area contributed by atoms with Crippen LogP contribution in [0.4, 0.5) is 8.78 Å². The number of hydrogen-bond donors (Lipinski definition) is 0. The lowest BCUT2D eigenvalue weighted by molar-refractivity contribution is -0.304. The second-order valence-electron chi connectivity index (χ2n) is 1.07. The second kappa shape index (κ2) is 3.12. The maximum absolute atomic E-state index is 11.0. The third kappa shape index (κ3) is 5.07. The molecular formula is C4H3F2O2-. The summed E-state index contributed by atoms with van der Waals surface area (Å²) in [6, 6.07) is 0. The van der Waals surface area contributed by atoms with Gasteiger partial charge in [0.15, 0.2) is 0 Å². The fourth-order valence-electron chi connectivity index (χ4n) is 0.160. The van der Waals surface area contributed by atoms with Crippen LogP contribution in [0.3, 0.4) is 0 Å². The molecule has 0 unspecified atom stereocenters. The highest BCUT2D eigenvalue weighted by Crippen LogP contribution is 1.96. The first-order chi connectivity index (χ1) is 3.63. The lowest BCUT2D eigenvalue weighted by Gasteiger charge is -1.90. The highest BCUT2D eigenvalue weighted by Gasteiger charge is 1.85. The third-order valence-electron chi connectivity index (χ3n) is 0.423. The van der Waals surface area contributed by atoms with Gasteiger partial charge >= 0.3 is 0 Å². The van der Waals surface area contributed by atoms with Gasteiger partial charge in [-0.2, -0.15) is 8.78 Å². The van der Waals surface area contributed by atoms with Gasteiger partial charge in [0.1, 0.15) is 0 Å². The quantitative estimate of drug-likeness (QED) is 0.512. The number of carboxylic acid groups (broad SMARTS) is 1. The Kier molecular flexibility index (Phi) is 2.76. The molecule has 0 heterocycles. The normalized spacial score (nSPS) is 8.25. The fourth-order valence-corrected chi connectivity index (χ4v) is 0.160. The smallest absolute Gasteiger partial charge is 0.266 e. The molecular weight excluding hydrogens is 118 g/mol. The largest absolute Gasteiger partial charge is 0.550 e. The summed E-state index contributed by atoms with van der Waals surface area (Å²) in [4.78, 5) is 9.41. The molecule has 0 aromatic rings. The summed E-state index contributed by atoms with van der Waals surface area (Å²) in [6.45, 7) is 0. The maximum atomic E-state index is 11.0. The Bertz CT molecular complexity index is 115. The predicted molar refractivity (Wildman–Crippen MR) is 19.9 cm³/mol. The number of hydrogen-bond acceptors (Lipinski definition) is 2. The summed E-state index contributed by atoms with van der Waals surface area (Å²) in [6.07, 6.45) is -2.42. The van der Waals surface area contributed by atoms with Crippen molar-refractivity contribution in [2.45, 2.75) is 6.42 Å². The first kappa shape index (κ1) is 7.07. The molecule has 0 aromatic heterocycles. The van der Waals surface area contributed by atoms with Crippen molar-refractivity contribution >= 4 is 5.97 Å². The van der Waals surface area contributed by atoms with Crippen LogP contribution >= 0.6 is 0 Å². The number of carbonyl (C=O) groups excluding carboxylic acids is 1. The molecule has 0 bridgehead atoms. The molecule has 4 heteroatoms. The Balaban J connectivity index is 3.45. The molecule has 8 heavy (non-hydrogen) atoms. The van der Waals surface area contributed by atoms with Crippen LogP contribution in [0.2, 0.25) is 0 Å². The molecule has 0 fully saturated rings. The van der Waals surface area contributed by atoms with Crippen molar-refractivity contribution in [2.75, 3.05) is 0 Å². The number of rotatable bonds is 2. The summed E-state index contributed by atoms with van der Waals surface area (Å²) in [5.41, 5.74) is 0. The molecule has 0 radical (unpaired) electrons. The summed E-state index contributed by atoms with van der Waals surface area (Å²) in [5.74, 6) is -1.50. The van der Waals surface area contributed by atoms with Crippen LogP contribution in [0, 0.1) is 0 Å². The standard InChI is InChI=1S/C4H4F2O2/c5-3(6)1-2-4(7)8/h1H,2H2,(H,7,8)/p-1. The average Bonchev–Trinajstić information content (AvgIpc) is 1.61. The summed E-state index contributed by atoms with van der Waals surface area (Å²) < 4.78 is 21.9. The molecule has 0 aromatic carbocycles. The van der Waals surface area contributed by atoms with Crippen LogP contribution in [0.15, 0.2) is 12.2 Å². The minimum atomic E-state index is -1.99. The highest BCUT2D eigenvalue weighted by atomic mass is 19.3. The highest BCUT2D eigenvalue weighted by molar-refractivity contribution is 5.66. The Morgan fingerprint density at radius 3 is 2.25 bits per heavy atom. The average molecular weight is 121 g/mol.